The zero-order valence-corrected chi connectivity index (χ0v) is 49.9. The summed E-state index contributed by atoms with van der Waals surface area (Å²) in [5, 5.41) is 58.7. The van der Waals surface area contributed by atoms with Crippen molar-refractivity contribution in [2.24, 2.45) is 0 Å². The van der Waals surface area contributed by atoms with Crippen LogP contribution in [0.2, 0.25) is 0 Å². The highest BCUT2D eigenvalue weighted by atomic mass is 127. The zero-order valence-electron chi connectivity index (χ0n) is 40.4. The van der Waals surface area contributed by atoms with Gasteiger partial charge >= 0.3 is 0 Å². The summed E-state index contributed by atoms with van der Waals surface area (Å²) in [6.45, 7) is 7.19. The number of alkyl halides is 1. The first-order valence-electron chi connectivity index (χ1n) is 20.6. The van der Waals surface area contributed by atoms with E-state index in [2.05, 4.69) is 68.7 Å². The Kier molecular flexibility index (Phi) is 25.1. The molecule has 76 heavy (non-hydrogen) atoms. The maximum Gasteiger partial charge on any atom is 0.269 e. The summed E-state index contributed by atoms with van der Waals surface area (Å²) >= 11 is 7.35. The lowest BCUT2D eigenvalue weighted by Gasteiger charge is -2.04. The van der Waals surface area contributed by atoms with E-state index in [-0.39, 0.29) is 43.3 Å². The van der Waals surface area contributed by atoms with Crippen molar-refractivity contribution < 1.29 is 43.5 Å². The number of hydrogen-bond acceptors (Lipinski definition) is 27. The summed E-state index contributed by atoms with van der Waals surface area (Å²) in [6, 6.07) is 21.9. The van der Waals surface area contributed by atoms with Crippen molar-refractivity contribution in [1.29, 1.82) is 0 Å². The molecule has 8 rings (SSSR count). The van der Waals surface area contributed by atoms with Gasteiger partial charge in [0.25, 0.3) is 20.4 Å². The van der Waals surface area contributed by atoms with Gasteiger partial charge in [-0.3, -0.25) is 20.2 Å². The van der Waals surface area contributed by atoms with E-state index in [1.807, 2.05) is 11.9 Å². The molecule has 4 heterocycles. The number of nitrogen functional groups attached to an aromatic ring is 2. The van der Waals surface area contributed by atoms with Crippen LogP contribution in [0.25, 0.3) is 0 Å². The molecule has 0 aliphatic rings. The summed E-state index contributed by atoms with van der Waals surface area (Å²) in [7, 11) is -7.28. The molecule has 0 saturated heterocycles. The van der Waals surface area contributed by atoms with Crippen LogP contribution in [-0.2, 0) is 55.8 Å². The third-order valence-corrected chi connectivity index (χ3v) is 18.7. The van der Waals surface area contributed by atoms with Crippen LogP contribution in [0.5, 0.6) is 0 Å². The number of nitro groups is 2. The quantitative estimate of drug-likeness (QED) is 0.0246. The maximum absolute atomic E-state index is 12.1. The Morgan fingerprint density at radius 2 is 0.776 bits per heavy atom. The number of sulfone groups is 3. The van der Waals surface area contributed by atoms with Crippen LogP contribution in [0.3, 0.4) is 0 Å². The van der Waals surface area contributed by atoms with Gasteiger partial charge in [-0.15, -0.1) is 74.8 Å². The molecule has 4 aromatic carbocycles. The van der Waals surface area contributed by atoms with E-state index in [0.717, 1.165) is 57.1 Å². The number of rotatable bonds is 13. The molecule has 5 N–H and O–H groups in total. The Morgan fingerprint density at radius 3 is 1.01 bits per heavy atom. The number of nitrogens with two attached hydrogens (primary N) is 2. The van der Waals surface area contributed by atoms with E-state index in [9.17, 15) is 53.9 Å². The largest absolute Gasteiger partial charge is 0.399 e. The van der Waals surface area contributed by atoms with Crippen LogP contribution in [0.1, 0.15) is 35.1 Å². The normalized spacial score (nSPS) is 11.0. The number of benzene rings is 4. The molecular formula is C41H45ClIN13O12S8. The fourth-order valence-corrected chi connectivity index (χ4v) is 13.4. The number of nitrogens with one attached hydrogen (secondary N) is 1. The third kappa shape index (κ3) is 21.6. The van der Waals surface area contributed by atoms with Crippen molar-refractivity contribution in [1.82, 2.24) is 40.8 Å². The minimum absolute atomic E-state index is 0.0333. The number of hydrogen-bond donors (Lipinski definition) is 3. The SMILES string of the molecule is CI.CNc1ccc(S(=O)(=O)Cc2nnc(C)s2)cc1.Cc1nnc(CS(=O)(=O)c2ccc(N)cc2)s1.Cc1nnc(CS(=O)(=O)c2ccc([N+](=O)[O-])cc2)s1.Cc1nnc(N)s1.O=[N+]([O-])c1ccc(S(=O)(=O)Cl)cc1. The Bertz CT molecular complexity index is 3610. The topological polar surface area (TPSA) is 390 Å². The predicted octanol–water partition coefficient (Wildman–Crippen LogP) is 8.00. The second-order valence-corrected chi connectivity index (χ2v) is 27.9. The van der Waals surface area contributed by atoms with Crippen LogP contribution < -0.4 is 16.8 Å². The summed E-state index contributed by atoms with van der Waals surface area (Å²) in [5.74, 6) is -0.476. The maximum atomic E-state index is 12.1. The minimum atomic E-state index is -3.80. The van der Waals surface area contributed by atoms with Crippen molar-refractivity contribution in [3.05, 3.63) is 152 Å². The molecule has 0 radical (unpaired) electrons. The lowest BCUT2D eigenvalue weighted by Crippen LogP contribution is -2.05. The molecule has 4 aromatic heterocycles. The fraction of sp³-hybridized carbons (Fsp3) is 0.220. The number of nitrogens with zero attached hydrogens (tertiary/aromatic N) is 10. The van der Waals surface area contributed by atoms with Crippen molar-refractivity contribution in [3.63, 3.8) is 0 Å². The van der Waals surface area contributed by atoms with Gasteiger partial charge in [-0.1, -0.05) is 33.9 Å². The number of aromatic nitrogens is 8. The standard InChI is InChI=1S/C11H13N3O2S2.C10H9N3O4S2.C10H11N3O2S2.C6H4ClNO4S.C3H5N3S.CH3I/c1-8-13-14-11(17-8)7-18(15,16)10-5-3-9(12-2)4-6-10;1-7-11-12-10(18-7)6-19(16,17)9-4-2-8(3-5-9)13(14)15;1-7-12-13-10(16-7)6-17(14,15)9-4-2-8(11)3-5-9;7-13(11,12)6-3-1-5(2-4-6)8(9)10;1-2-5-6-3(4)7-2;1-2/h3-6,12H,7H2,1-2H3;2-5H,6H2,1H3;2-5H,6,11H2,1H3;1-4H;1H3,(H2,4,6);1H3. The lowest BCUT2D eigenvalue weighted by molar-refractivity contribution is -0.385. The number of anilines is 3. The molecule has 0 aliphatic carbocycles. The van der Waals surface area contributed by atoms with Crippen molar-refractivity contribution in [2.45, 2.75) is 64.5 Å². The van der Waals surface area contributed by atoms with E-state index < -0.39 is 48.4 Å². The molecule has 0 amide bonds. The molecule has 0 spiro atoms. The summed E-state index contributed by atoms with van der Waals surface area (Å²) in [4.78, 5) is 21.9. The summed E-state index contributed by atoms with van der Waals surface area (Å²) in [5.41, 5.74) is 11.8. The van der Waals surface area contributed by atoms with E-state index >= 15 is 0 Å². The van der Waals surface area contributed by atoms with Crippen LogP contribution in [0, 0.1) is 47.9 Å². The summed E-state index contributed by atoms with van der Waals surface area (Å²) in [6.07, 6.45) is 0. The Hall–Kier alpha value is -5.86. The Morgan fingerprint density at radius 1 is 0.487 bits per heavy atom. The highest BCUT2D eigenvalue weighted by molar-refractivity contribution is 14.1. The minimum Gasteiger partial charge on any atom is -0.399 e. The van der Waals surface area contributed by atoms with Gasteiger partial charge in [0, 0.05) is 53.4 Å². The molecule has 0 saturated carbocycles. The molecule has 0 atom stereocenters. The van der Waals surface area contributed by atoms with Crippen LogP contribution in [-0.4, -0.2) is 96.3 Å². The van der Waals surface area contributed by atoms with Gasteiger partial charge in [-0.2, -0.15) is 0 Å². The highest BCUT2D eigenvalue weighted by Gasteiger charge is 2.21. The predicted molar refractivity (Wildman–Crippen MR) is 302 cm³/mol. The molecule has 25 nitrogen and oxygen atoms in total. The first-order valence-corrected chi connectivity index (χ1v) is 33.3. The fourth-order valence-electron chi connectivity index (χ4n) is 5.25. The monoisotopic (exact) mass is 1330 g/mol. The Balaban J connectivity index is 0.000000254. The second kappa shape index (κ2) is 29.6. The van der Waals surface area contributed by atoms with E-state index in [0.29, 0.717) is 35.7 Å². The van der Waals surface area contributed by atoms with Crippen molar-refractivity contribution in [2.75, 3.05) is 28.8 Å². The molecule has 0 unspecified atom stereocenters. The summed E-state index contributed by atoms with van der Waals surface area (Å²) < 4.78 is 93.8. The molecule has 0 bridgehead atoms. The number of halogens is 2. The molecule has 0 aliphatic heterocycles. The van der Waals surface area contributed by atoms with Crippen molar-refractivity contribution >= 4 is 145 Å². The first-order chi connectivity index (χ1) is 35.6. The molecule has 8 aromatic rings. The van der Waals surface area contributed by atoms with Gasteiger partial charge in [0.2, 0.25) is 5.13 Å². The van der Waals surface area contributed by atoms with E-state index in [1.54, 1.807) is 64.2 Å². The molecule has 35 heteroatoms. The molecular weight excluding hydrogens is 1290 g/mol. The number of nitro benzene ring substituents is 2. The first kappa shape index (κ1) is 64.4. The zero-order chi connectivity index (χ0) is 57.0. The third-order valence-electron chi connectivity index (χ3n) is 8.66. The van der Waals surface area contributed by atoms with Gasteiger partial charge in [-0.05, 0) is 105 Å². The average Bonchev–Trinajstić information content (AvgIpc) is 4.18. The van der Waals surface area contributed by atoms with Crippen LogP contribution in [0.15, 0.2) is 117 Å². The second-order valence-electron chi connectivity index (χ2n) is 14.4. The van der Waals surface area contributed by atoms with E-state index in [1.165, 1.54) is 69.6 Å². The van der Waals surface area contributed by atoms with Gasteiger partial charge in [0.1, 0.15) is 52.3 Å². The lowest BCUT2D eigenvalue weighted by atomic mass is 10.3. The highest BCUT2D eigenvalue weighted by Crippen LogP contribution is 2.24. The van der Waals surface area contributed by atoms with Gasteiger partial charge in [0.15, 0.2) is 29.5 Å². The van der Waals surface area contributed by atoms with Gasteiger partial charge < -0.3 is 16.8 Å². The molecule has 408 valence electrons. The number of non-ortho nitro benzene ring substituents is 2. The van der Waals surface area contributed by atoms with Gasteiger partial charge in [-0.25, -0.2) is 33.7 Å². The van der Waals surface area contributed by atoms with Gasteiger partial charge in [0.05, 0.1) is 29.4 Å². The molecule has 0 fully saturated rings. The smallest absolute Gasteiger partial charge is 0.269 e. The van der Waals surface area contributed by atoms with E-state index in [4.69, 9.17) is 22.1 Å². The van der Waals surface area contributed by atoms with Crippen molar-refractivity contribution in [3.8, 4) is 0 Å². The number of aryl methyl sites for hydroxylation is 4. The Labute approximate surface area is 470 Å². The average molecular weight is 1330 g/mol. The van der Waals surface area contributed by atoms with Crippen LogP contribution in [0.4, 0.5) is 27.9 Å². The van der Waals surface area contributed by atoms with Crippen LogP contribution >= 0.6 is 78.6 Å².